The number of anilines is 3. The number of alkyl halides is 4. The van der Waals surface area contributed by atoms with Crippen molar-refractivity contribution in [2.45, 2.75) is 50.7 Å². The molecule has 3 aliphatic heterocycles. The van der Waals surface area contributed by atoms with Gasteiger partial charge in [-0.15, -0.1) is 0 Å². The Kier molecular flexibility index (Phi) is 9.40. The lowest BCUT2D eigenvalue weighted by atomic mass is 9.39. The molecule has 2 unspecified atom stereocenters. The summed E-state index contributed by atoms with van der Waals surface area (Å²) in [7, 11) is 8.53. The first-order chi connectivity index (χ1) is 22.8. The minimum Gasteiger partial charge on any atom is -0.383 e. The molecule has 0 saturated heterocycles. The van der Waals surface area contributed by atoms with E-state index in [1.165, 1.54) is 30.3 Å². The Labute approximate surface area is 285 Å². The first-order valence-electron chi connectivity index (χ1n) is 14.8. The van der Waals surface area contributed by atoms with Crippen LogP contribution < -0.4 is 32.1 Å². The number of hydrogen-bond acceptors (Lipinski definition) is 7. The second-order valence-electron chi connectivity index (χ2n) is 12.3. The number of amides is 1. The highest BCUT2D eigenvalue weighted by atomic mass is 35.5. The molecule has 0 bridgehead atoms. The van der Waals surface area contributed by atoms with E-state index in [0.29, 0.717) is 27.9 Å². The first kappa shape index (κ1) is 35.9. The van der Waals surface area contributed by atoms with E-state index in [1.54, 1.807) is 23.6 Å². The van der Waals surface area contributed by atoms with Crippen LogP contribution in [-0.4, -0.2) is 56.8 Å². The van der Waals surface area contributed by atoms with Crippen molar-refractivity contribution in [2.24, 2.45) is 21.6 Å². The third-order valence-electron chi connectivity index (χ3n) is 7.96. The number of hydrogen-bond donors (Lipinski definition) is 4. The highest BCUT2D eigenvalue weighted by Crippen LogP contribution is 2.52. The Morgan fingerprint density at radius 3 is 2.39 bits per heavy atom. The van der Waals surface area contributed by atoms with Gasteiger partial charge >= 0.3 is 6.18 Å². The van der Waals surface area contributed by atoms with Crippen LogP contribution in [0.4, 0.5) is 49.1 Å². The summed E-state index contributed by atoms with van der Waals surface area (Å²) in [5.41, 5.74) is 6.32. The van der Waals surface area contributed by atoms with Crippen molar-refractivity contribution >= 4 is 67.2 Å². The van der Waals surface area contributed by atoms with Crippen LogP contribution in [0.2, 0.25) is 5.02 Å². The molecule has 255 valence electrons. The summed E-state index contributed by atoms with van der Waals surface area (Å²) < 4.78 is 81.1. The number of carbonyl (C=O) groups is 1. The van der Waals surface area contributed by atoms with E-state index in [4.69, 9.17) is 36.0 Å². The Hall–Kier alpha value is -4.37. The highest BCUT2D eigenvalue weighted by Gasteiger charge is 2.51. The number of aliphatic imine (C=N–C) groups is 2. The lowest BCUT2D eigenvalue weighted by Gasteiger charge is -2.46. The van der Waals surface area contributed by atoms with Crippen molar-refractivity contribution < 1.29 is 31.1 Å². The highest BCUT2D eigenvalue weighted by molar-refractivity contribution is 6.61. The van der Waals surface area contributed by atoms with E-state index in [9.17, 15) is 31.1 Å². The Morgan fingerprint density at radius 1 is 1.16 bits per heavy atom. The predicted molar refractivity (Wildman–Crippen MR) is 181 cm³/mol. The number of hydrazine groups is 1. The number of nitrogens with zero attached hydrogens (tertiary/aromatic N) is 4. The smallest absolute Gasteiger partial charge is 0.383 e. The molecule has 3 heterocycles. The molecule has 3 aliphatic rings. The zero-order valence-electron chi connectivity index (χ0n) is 26.7. The summed E-state index contributed by atoms with van der Waals surface area (Å²) in [5, 5.41) is 2.24. The van der Waals surface area contributed by atoms with Crippen LogP contribution in [-0.2, 0) is 6.18 Å². The molecule has 6 rings (SSSR count). The average molecular weight is 702 g/mol. The van der Waals surface area contributed by atoms with Gasteiger partial charge in [-0.25, -0.2) is 18.2 Å². The van der Waals surface area contributed by atoms with E-state index >= 15 is 0 Å². The first-order valence-corrected chi connectivity index (χ1v) is 15.2. The Balaban J connectivity index is 0.000000514. The SMILES string of the molecule is Fc1ccc(Cl)cc1.[B]C1(C)[B]C(C)(C)N=C2N(CCF)c3cc(N=C(N)c4cc(F)cc(C(F)(F)F)c4NN)c4c(c3N21)C(=O)NC4C. The van der Waals surface area contributed by atoms with E-state index in [-0.39, 0.29) is 29.7 Å². The quantitative estimate of drug-likeness (QED) is 0.0677. The molecule has 6 N–H and O–H groups in total. The monoisotopic (exact) mass is 701 g/mol. The lowest BCUT2D eigenvalue weighted by molar-refractivity contribution is -0.137. The lowest BCUT2D eigenvalue weighted by Crippen LogP contribution is -2.65. The molecule has 0 aliphatic carbocycles. The molecule has 0 spiro atoms. The summed E-state index contributed by atoms with van der Waals surface area (Å²) in [6.45, 7) is 6.20. The number of benzene rings is 3. The number of rotatable bonds is 5. The van der Waals surface area contributed by atoms with Gasteiger partial charge in [0.25, 0.3) is 5.91 Å². The molecule has 3 aromatic rings. The van der Waals surface area contributed by atoms with Gasteiger partial charge in [0.05, 0.1) is 54.3 Å². The molecule has 18 heteroatoms. The van der Waals surface area contributed by atoms with Gasteiger partial charge in [-0.1, -0.05) is 18.5 Å². The van der Waals surface area contributed by atoms with Crippen molar-refractivity contribution in [3.63, 3.8) is 0 Å². The molecule has 1 amide bonds. The van der Waals surface area contributed by atoms with E-state index in [1.807, 2.05) is 26.6 Å². The van der Waals surface area contributed by atoms with Crippen LogP contribution in [0.1, 0.15) is 60.8 Å². The zero-order valence-corrected chi connectivity index (χ0v) is 27.4. The molecule has 0 aromatic heterocycles. The van der Waals surface area contributed by atoms with Gasteiger partial charge in [-0.05, 0) is 68.6 Å². The Bertz CT molecular complexity index is 1850. The van der Waals surface area contributed by atoms with Crippen molar-refractivity contribution in [2.75, 3.05) is 28.4 Å². The fraction of sp³-hybridized carbons (Fsp3) is 0.323. The molecule has 3 aromatic carbocycles. The van der Waals surface area contributed by atoms with Crippen LogP contribution >= 0.6 is 11.6 Å². The van der Waals surface area contributed by atoms with Crippen molar-refractivity contribution in [3.8, 4) is 0 Å². The number of nitrogen functional groups attached to an aromatic ring is 1. The number of fused-ring (bicyclic) bond motifs is 5. The van der Waals surface area contributed by atoms with Crippen LogP contribution in [0.25, 0.3) is 0 Å². The molecular formula is C31H30B2ClF6N8O. The number of amidine groups is 1. The maximum absolute atomic E-state index is 14.3. The fourth-order valence-corrected chi connectivity index (χ4v) is 6.40. The van der Waals surface area contributed by atoms with Crippen LogP contribution in [0.5, 0.6) is 0 Å². The average Bonchev–Trinajstić information content (AvgIpc) is 3.46. The normalized spacial score (nSPS) is 20.7. The van der Waals surface area contributed by atoms with E-state index in [0.717, 1.165) is 6.07 Å². The fourth-order valence-electron chi connectivity index (χ4n) is 6.27. The van der Waals surface area contributed by atoms with Crippen molar-refractivity contribution in [1.29, 1.82) is 0 Å². The molecule has 3 radical (unpaired) electrons. The third-order valence-corrected chi connectivity index (χ3v) is 8.21. The largest absolute Gasteiger partial charge is 0.418 e. The molecule has 0 saturated carbocycles. The second-order valence-corrected chi connectivity index (χ2v) is 12.7. The van der Waals surface area contributed by atoms with Gasteiger partial charge in [0, 0.05) is 21.6 Å². The maximum Gasteiger partial charge on any atom is 0.418 e. The molecule has 2 atom stereocenters. The third kappa shape index (κ3) is 6.78. The second kappa shape index (κ2) is 12.8. The minimum absolute atomic E-state index is 0.106. The van der Waals surface area contributed by atoms with Gasteiger partial charge in [-0.3, -0.25) is 15.6 Å². The van der Waals surface area contributed by atoms with Crippen molar-refractivity contribution in [1.82, 2.24) is 5.32 Å². The number of nitrogens with two attached hydrogens (primary N) is 2. The summed E-state index contributed by atoms with van der Waals surface area (Å²) >= 11 is 5.44. The van der Waals surface area contributed by atoms with Gasteiger partial charge in [-0.2, -0.15) is 13.2 Å². The van der Waals surface area contributed by atoms with Gasteiger partial charge in [0.15, 0.2) is 7.28 Å². The van der Waals surface area contributed by atoms with Gasteiger partial charge in [0.2, 0.25) is 5.96 Å². The minimum atomic E-state index is -4.95. The zero-order chi connectivity index (χ0) is 36.2. The predicted octanol–water partition coefficient (Wildman–Crippen LogP) is 5.70. The number of nitrogens with one attached hydrogen (secondary N) is 2. The number of carbonyl (C=O) groups excluding carboxylic acids is 1. The number of halogens is 7. The summed E-state index contributed by atoms with van der Waals surface area (Å²) in [6, 6.07) is 7.67. The van der Waals surface area contributed by atoms with Crippen LogP contribution in [0, 0.1) is 11.6 Å². The van der Waals surface area contributed by atoms with Gasteiger partial charge < -0.3 is 26.3 Å². The topological polar surface area (TPSA) is 124 Å². The van der Waals surface area contributed by atoms with Crippen molar-refractivity contribution in [3.05, 3.63) is 81.4 Å². The number of guanidine groups is 1. The molecule has 9 nitrogen and oxygen atoms in total. The standard InChI is InChI=1S/C25H26B2F5N8O.C6H4ClF/c1-10-16-14(36-20(33)12-7-11(29)8-13(18(12)38-34)25(30,31)32)9-15-19(17(16)21(41)35-10)40-22(39(15)6-5-28)37-23(2,3)27-24(40,4)26;7-5-1-3-6(8)4-2-5/h7-10,38H,5-6,34H2,1-4H3,(H2,33,36)(H,35,41);1-4H. The Morgan fingerprint density at radius 2 is 1.82 bits per heavy atom. The van der Waals surface area contributed by atoms with E-state index < -0.39 is 64.0 Å². The summed E-state index contributed by atoms with van der Waals surface area (Å²) in [4.78, 5) is 25.7. The molecule has 49 heavy (non-hydrogen) atoms. The maximum atomic E-state index is 14.3. The van der Waals surface area contributed by atoms with Gasteiger partial charge in [0.1, 0.15) is 24.1 Å². The van der Waals surface area contributed by atoms with Crippen LogP contribution in [0.15, 0.2) is 52.4 Å². The van der Waals surface area contributed by atoms with Crippen LogP contribution in [0.3, 0.4) is 0 Å². The van der Waals surface area contributed by atoms with E-state index in [2.05, 4.69) is 10.3 Å². The molecular weight excluding hydrogens is 671 g/mol. The molecule has 0 fully saturated rings. The summed E-state index contributed by atoms with van der Waals surface area (Å²) in [5.74, 6) is 3.29. The summed E-state index contributed by atoms with van der Waals surface area (Å²) in [6.07, 6.45) is -4.95.